The lowest BCUT2D eigenvalue weighted by atomic mass is 10.1. The van der Waals surface area contributed by atoms with E-state index in [1.54, 1.807) is 0 Å². The van der Waals surface area contributed by atoms with Gasteiger partial charge < -0.3 is 5.32 Å². The molecule has 0 bridgehead atoms. The predicted molar refractivity (Wildman–Crippen MR) is 93.2 cm³/mol. The number of nitro benzene ring substituents is 1. The van der Waals surface area contributed by atoms with Crippen LogP contribution in [0, 0.1) is 10.1 Å². The number of nitrogens with one attached hydrogen (secondary N) is 2. The number of halogens is 4. The molecule has 0 radical (unpaired) electrons. The largest absolute Gasteiger partial charge is 0.416 e. The molecule has 0 saturated heterocycles. The first kappa shape index (κ1) is 19.6. The first-order chi connectivity index (χ1) is 12.1. The van der Waals surface area contributed by atoms with Crippen molar-refractivity contribution in [1.29, 1.82) is 0 Å². The van der Waals surface area contributed by atoms with Gasteiger partial charge in [-0.3, -0.25) is 20.2 Å². The van der Waals surface area contributed by atoms with Gasteiger partial charge in [0.25, 0.3) is 11.6 Å². The van der Waals surface area contributed by atoms with E-state index >= 15 is 0 Å². The molecule has 0 aliphatic heterocycles. The summed E-state index contributed by atoms with van der Waals surface area (Å²) >= 11 is 10.7. The lowest BCUT2D eigenvalue weighted by molar-refractivity contribution is -0.385. The van der Waals surface area contributed by atoms with E-state index in [0.717, 1.165) is 24.3 Å². The zero-order valence-electron chi connectivity index (χ0n) is 12.6. The minimum Gasteiger partial charge on any atom is -0.331 e. The highest BCUT2D eigenvalue weighted by Crippen LogP contribution is 2.33. The van der Waals surface area contributed by atoms with Crippen LogP contribution in [0.1, 0.15) is 15.9 Å². The van der Waals surface area contributed by atoms with Gasteiger partial charge in [0.05, 0.1) is 21.2 Å². The summed E-state index contributed by atoms with van der Waals surface area (Å²) in [5.74, 6) is -0.891. The third-order valence-electron chi connectivity index (χ3n) is 3.11. The van der Waals surface area contributed by atoms with E-state index in [1.165, 1.54) is 18.2 Å². The summed E-state index contributed by atoms with van der Waals surface area (Å²) in [6.45, 7) is 0. The smallest absolute Gasteiger partial charge is 0.331 e. The number of carbonyl (C=O) groups is 1. The highest BCUT2D eigenvalue weighted by Gasteiger charge is 2.31. The van der Waals surface area contributed by atoms with E-state index in [1.807, 2.05) is 0 Å². The Hall–Kier alpha value is -2.72. The molecule has 0 aliphatic rings. The average molecular weight is 404 g/mol. The molecule has 2 aromatic carbocycles. The van der Waals surface area contributed by atoms with E-state index in [4.69, 9.17) is 23.8 Å². The van der Waals surface area contributed by atoms with Gasteiger partial charge in [-0.15, -0.1) is 0 Å². The van der Waals surface area contributed by atoms with Gasteiger partial charge in [0.15, 0.2) is 5.11 Å². The number of thiocarbonyl (C=S) groups is 1. The van der Waals surface area contributed by atoms with Gasteiger partial charge in [-0.25, -0.2) is 0 Å². The lowest BCUT2D eigenvalue weighted by Crippen LogP contribution is -2.34. The molecule has 2 aromatic rings. The molecule has 2 rings (SSSR count). The predicted octanol–water partition coefficient (Wildman–Crippen LogP) is 4.39. The van der Waals surface area contributed by atoms with Crippen molar-refractivity contribution in [2.45, 2.75) is 6.18 Å². The molecule has 0 fully saturated rings. The third-order valence-corrected chi connectivity index (χ3v) is 3.65. The van der Waals surface area contributed by atoms with Crippen molar-refractivity contribution in [1.82, 2.24) is 5.32 Å². The first-order valence-corrected chi connectivity index (χ1v) is 7.60. The van der Waals surface area contributed by atoms with Gasteiger partial charge in [-0.2, -0.15) is 13.2 Å². The maximum atomic E-state index is 12.8. The molecule has 0 saturated carbocycles. The fraction of sp³-hybridized carbons (Fsp3) is 0.0667. The molecule has 6 nitrogen and oxygen atoms in total. The summed E-state index contributed by atoms with van der Waals surface area (Å²) in [4.78, 5) is 22.3. The number of hydrogen-bond acceptors (Lipinski definition) is 4. The summed E-state index contributed by atoms with van der Waals surface area (Å²) in [5, 5.41) is 15.0. The Morgan fingerprint density at radius 1 is 1.19 bits per heavy atom. The molecule has 0 heterocycles. The fourth-order valence-electron chi connectivity index (χ4n) is 1.95. The van der Waals surface area contributed by atoms with Gasteiger partial charge in [0, 0.05) is 6.07 Å². The van der Waals surface area contributed by atoms with Crippen molar-refractivity contribution in [3.63, 3.8) is 0 Å². The first-order valence-electron chi connectivity index (χ1n) is 6.82. The molecule has 0 spiro atoms. The van der Waals surface area contributed by atoms with Gasteiger partial charge in [0.2, 0.25) is 0 Å². The Balaban J connectivity index is 2.17. The van der Waals surface area contributed by atoms with Crippen LogP contribution in [0.3, 0.4) is 0 Å². The Morgan fingerprint density at radius 2 is 1.85 bits per heavy atom. The second-order valence-electron chi connectivity index (χ2n) is 4.87. The number of amides is 1. The number of rotatable bonds is 3. The number of para-hydroxylation sites is 1. The second kappa shape index (κ2) is 7.67. The van der Waals surface area contributed by atoms with Gasteiger partial charge in [-0.05, 0) is 36.5 Å². The molecule has 136 valence electrons. The number of alkyl halides is 3. The van der Waals surface area contributed by atoms with Crippen molar-refractivity contribution >= 4 is 46.2 Å². The lowest BCUT2D eigenvalue weighted by Gasteiger charge is -2.13. The molecule has 0 aliphatic carbocycles. The van der Waals surface area contributed by atoms with E-state index in [9.17, 15) is 28.1 Å². The molecule has 0 atom stereocenters. The van der Waals surface area contributed by atoms with Crippen molar-refractivity contribution < 1.29 is 22.9 Å². The molecule has 1 amide bonds. The minimum atomic E-state index is -4.59. The molecule has 26 heavy (non-hydrogen) atoms. The van der Waals surface area contributed by atoms with E-state index in [2.05, 4.69) is 10.6 Å². The molecule has 0 aromatic heterocycles. The van der Waals surface area contributed by atoms with E-state index in [-0.39, 0.29) is 21.4 Å². The molecular weight excluding hydrogens is 395 g/mol. The number of nitrogens with zero attached hydrogens (tertiary/aromatic N) is 1. The van der Waals surface area contributed by atoms with Crippen molar-refractivity contribution in [3.05, 3.63) is 68.7 Å². The SMILES string of the molecule is O=C(NC(=S)Nc1cc(C(F)(F)F)ccc1Cl)c1ccccc1[N+](=O)[O-]. The monoisotopic (exact) mass is 403 g/mol. The second-order valence-corrected chi connectivity index (χ2v) is 5.69. The Labute approximate surface area is 155 Å². The van der Waals surface area contributed by atoms with Crippen LogP contribution in [0.15, 0.2) is 42.5 Å². The Morgan fingerprint density at radius 3 is 2.46 bits per heavy atom. The van der Waals surface area contributed by atoms with Crippen LogP contribution in [0.25, 0.3) is 0 Å². The van der Waals surface area contributed by atoms with Crippen LogP contribution in [0.5, 0.6) is 0 Å². The van der Waals surface area contributed by atoms with E-state index in [0.29, 0.717) is 0 Å². The number of carbonyl (C=O) groups excluding carboxylic acids is 1. The normalized spacial score (nSPS) is 10.9. The summed E-state index contributed by atoms with van der Waals surface area (Å²) in [6, 6.07) is 7.70. The Kier molecular flexibility index (Phi) is 5.78. The van der Waals surface area contributed by atoms with Crippen molar-refractivity contribution in [3.8, 4) is 0 Å². The molecular formula is C15H9ClF3N3O3S. The van der Waals surface area contributed by atoms with Crippen LogP contribution in [-0.4, -0.2) is 15.9 Å². The average Bonchev–Trinajstić information content (AvgIpc) is 2.55. The third kappa shape index (κ3) is 4.67. The van der Waals surface area contributed by atoms with Crippen LogP contribution in [0.4, 0.5) is 24.5 Å². The van der Waals surface area contributed by atoms with Crippen LogP contribution < -0.4 is 10.6 Å². The highest BCUT2D eigenvalue weighted by molar-refractivity contribution is 7.80. The van der Waals surface area contributed by atoms with E-state index < -0.39 is 28.3 Å². The van der Waals surface area contributed by atoms with Gasteiger partial charge >= 0.3 is 6.18 Å². The maximum Gasteiger partial charge on any atom is 0.416 e. The van der Waals surface area contributed by atoms with Gasteiger partial charge in [-0.1, -0.05) is 23.7 Å². The van der Waals surface area contributed by atoms with Crippen LogP contribution in [0.2, 0.25) is 5.02 Å². The summed E-state index contributed by atoms with van der Waals surface area (Å²) < 4.78 is 38.3. The Bertz CT molecular complexity index is 890. The number of nitro groups is 1. The standard InChI is InChI=1S/C15H9ClF3N3O3S/c16-10-6-5-8(15(17,18)19)7-11(10)20-14(26)21-13(23)9-3-1-2-4-12(9)22(24)25/h1-7H,(H2,20,21,23,26). The van der Waals surface area contributed by atoms with Crippen LogP contribution >= 0.6 is 23.8 Å². The quantitative estimate of drug-likeness (QED) is 0.451. The van der Waals surface area contributed by atoms with Gasteiger partial charge in [0.1, 0.15) is 5.56 Å². The molecule has 11 heteroatoms. The topological polar surface area (TPSA) is 84.3 Å². The highest BCUT2D eigenvalue weighted by atomic mass is 35.5. The van der Waals surface area contributed by atoms with Crippen molar-refractivity contribution in [2.75, 3.05) is 5.32 Å². The molecule has 0 unspecified atom stereocenters. The van der Waals surface area contributed by atoms with Crippen molar-refractivity contribution in [2.24, 2.45) is 0 Å². The summed E-state index contributed by atoms with van der Waals surface area (Å²) in [5.41, 5.74) is -1.83. The number of benzene rings is 2. The fourth-order valence-corrected chi connectivity index (χ4v) is 2.31. The minimum absolute atomic E-state index is 0.0553. The zero-order valence-corrected chi connectivity index (χ0v) is 14.2. The summed E-state index contributed by atoms with van der Waals surface area (Å²) in [6.07, 6.45) is -4.59. The summed E-state index contributed by atoms with van der Waals surface area (Å²) in [7, 11) is 0. The number of anilines is 1. The maximum absolute atomic E-state index is 12.8. The van der Waals surface area contributed by atoms with Crippen LogP contribution in [-0.2, 0) is 6.18 Å². The molecule has 2 N–H and O–H groups in total. The number of hydrogen-bond donors (Lipinski definition) is 2. The zero-order chi connectivity index (χ0) is 19.5.